The van der Waals surface area contributed by atoms with Crippen molar-refractivity contribution < 1.29 is 23.0 Å². The van der Waals surface area contributed by atoms with Crippen LogP contribution >= 0.6 is 0 Å². The fourth-order valence-electron chi connectivity index (χ4n) is 4.61. The molecule has 0 unspecified atom stereocenters. The zero-order valence-electron chi connectivity index (χ0n) is 21.8. The van der Waals surface area contributed by atoms with Gasteiger partial charge in [-0.3, -0.25) is 9.97 Å². The highest BCUT2D eigenvalue weighted by atomic mass is 19.3. The Balaban J connectivity index is 1.39. The fraction of sp³-hybridized carbons (Fsp3) is 0.464. The van der Waals surface area contributed by atoms with Crippen molar-refractivity contribution in [3.05, 3.63) is 59.8 Å². The Labute approximate surface area is 221 Å². The minimum absolute atomic E-state index is 0.0826. The normalized spacial score (nSPS) is 16.9. The molecule has 8 nitrogen and oxygen atoms in total. The van der Waals surface area contributed by atoms with Crippen LogP contribution in [-0.4, -0.2) is 60.6 Å². The van der Waals surface area contributed by atoms with Gasteiger partial charge < -0.3 is 24.4 Å². The first-order valence-corrected chi connectivity index (χ1v) is 13.0. The molecule has 10 heteroatoms. The number of nitrogens with one attached hydrogen (secondary N) is 1. The van der Waals surface area contributed by atoms with E-state index in [1.807, 2.05) is 19.2 Å². The van der Waals surface area contributed by atoms with Crippen LogP contribution in [0.1, 0.15) is 36.7 Å². The smallest absolute Gasteiger partial charge is 0.286 e. The third kappa shape index (κ3) is 6.36. The molecule has 0 amide bonds. The van der Waals surface area contributed by atoms with Gasteiger partial charge in [-0.2, -0.15) is 8.78 Å². The molecule has 38 heavy (non-hydrogen) atoms. The lowest BCUT2D eigenvalue weighted by Crippen LogP contribution is -2.37. The van der Waals surface area contributed by atoms with E-state index in [4.69, 9.17) is 19.2 Å². The molecule has 1 N–H and O–H groups in total. The Morgan fingerprint density at radius 1 is 1.03 bits per heavy atom. The van der Waals surface area contributed by atoms with E-state index < -0.39 is 5.92 Å². The number of ether oxygens (including phenoxy) is 3. The highest BCUT2D eigenvalue weighted by Gasteiger charge is 2.26. The van der Waals surface area contributed by atoms with Gasteiger partial charge in [0.1, 0.15) is 17.5 Å². The van der Waals surface area contributed by atoms with Crippen LogP contribution in [0.3, 0.4) is 0 Å². The summed E-state index contributed by atoms with van der Waals surface area (Å²) in [6, 6.07) is 7.27. The second-order valence-electron chi connectivity index (χ2n) is 9.73. The van der Waals surface area contributed by atoms with E-state index in [0.717, 1.165) is 61.1 Å². The molecule has 0 atom stereocenters. The number of anilines is 2. The van der Waals surface area contributed by atoms with Crippen molar-refractivity contribution in [2.75, 3.05) is 49.7 Å². The molecule has 5 heterocycles. The molecular formula is C28H33F2N5O3. The summed E-state index contributed by atoms with van der Waals surface area (Å²) in [7, 11) is 0. The molecule has 2 saturated heterocycles. The molecule has 0 spiro atoms. The molecular weight excluding hydrogens is 492 g/mol. The predicted octanol–water partition coefficient (Wildman–Crippen LogP) is 4.97. The van der Waals surface area contributed by atoms with Crippen LogP contribution in [-0.2, 0) is 21.9 Å². The maximum absolute atomic E-state index is 13.7. The quantitative estimate of drug-likeness (QED) is 0.442. The lowest BCUT2D eigenvalue weighted by molar-refractivity contribution is 0.0127. The zero-order chi connectivity index (χ0) is 26.5. The fourth-order valence-corrected chi connectivity index (χ4v) is 4.61. The monoisotopic (exact) mass is 525 g/mol. The van der Waals surface area contributed by atoms with Crippen molar-refractivity contribution in [2.45, 2.75) is 45.3 Å². The SMILES string of the molecule is Cc1ncc(NCc2ccnc(C(C)(F)F)c2)cc1-c1cnc(OC2CCOCC2)c(N2CCOCC2)c1. The number of nitrogens with zero attached hydrogens (tertiary/aromatic N) is 4. The first-order chi connectivity index (χ1) is 18.4. The lowest BCUT2D eigenvalue weighted by Gasteiger charge is -2.31. The van der Waals surface area contributed by atoms with Gasteiger partial charge in [0.15, 0.2) is 0 Å². The molecule has 0 saturated carbocycles. The van der Waals surface area contributed by atoms with Gasteiger partial charge in [0.05, 0.1) is 38.3 Å². The summed E-state index contributed by atoms with van der Waals surface area (Å²) in [5.74, 6) is -2.36. The largest absolute Gasteiger partial charge is 0.473 e. The average molecular weight is 526 g/mol. The van der Waals surface area contributed by atoms with E-state index >= 15 is 0 Å². The van der Waals surface area contributed by atoms with E-state index in [0.29, 0.717) is 44.4 Å². The summed E-state index contributed by atoms with van der Waals surface area (Å²) in [6.07, 6.45) is 6.75. The summed E-state index contributed by atoms with van der Waals surface area (Å²) in [5, 5.41) is 3.30. The maximum atomic E-state index is 13.7. The Kier molecular flexibility index (Phi) is 7.99. The standard InChI is InChI=1S/C28H33F2N5O3/c1-19-24(15-22(18-32-19)33-16-20-3-6-31-26(13-20)28(2,29)30)21-14-25(35-7-11-37-12-8-35)27(34-17-21)38-23-4-9-36-10-5-23/h3,6,13-15,17-18,23,33H,4-5,7-12,16H2,1-2H3. The highest BCUT2D eigenvalue weighted by molar-refractivity contribution is 5.74. The molecule has 3 aromatic rings. The number of hydrogen-bond acceptors (Lipinski definition) is 8. The molecule has 202 valence electrons. The second kappa shape index (κ2) is 11.6. The van der Waals surface area contributed by atoms with Gasteiger partial charge >= 0.3 is 0 Å². The van der Waals surface area contributed by atoms with E-state index in [9.17, 15) is 8.78 Å². The molecule has 5 rings (SSSR count). The predicted molar refractivity (Wildman–Crippen MR) is 141 cm³/mol. The Morgan fingerprint density at radius 2 is 1.79 bits per heavy atom. The van der Waals surface area contributed by atoms with E-state index in [1.54, 1.807) is 12.3 Å². The Morgan fingerprint density at radius 3 is 2.55 bits per heavy atom. The van der Waals surface area contributed by atoms with Gasteiger partial charge in [0.2, 0.25) is 5.88 Å². The zero-order valence-corrected chi connectivity index (χ0v) is 21.8. The van der Waals surface area contributed by atoms with E-state index in [-0.39, 0.29) is 11.8 Å². The van der Waals surface area contributed by atoms with Crippen molar-refractivity contribution in [3.63, 3.8) is 0 Å². The number of halogens is 2. The Hall–Kier alpha value is -3.37. The molecule has 0 aliphatic carbocycles. The maximum Gasteiger partial charge on any atom is 0.286 e. The minimum atomic E-state index is -2.99. The number of pyridine rings is 3. The number of aromatic nitrogens is 3. The molecule has 2 aliphatic heterocycles. The topological polar surface area (TPSA) is 81.6 Å². The first-order valence-electron chi connectivity index (χ1n) is 13.0. The minimum Gasteiger partial charge on any atom is -0.473 e. The number of rotatable bonds is 8. The summed E-state index contributed by atoms with van der Waals surface area (Å²) in [6.45, 7) is 7.40. The van der Waals surface area contributed by atoms with Gasteiger partial charge in [0, 0.05) is 68.6 Å². The van der Waals surface area contributed by atoms with Crippen LogP contribution in [0.25, 0.3) is 11.1 Å². The van der Waals surface area contributed by atoms with Gasteiger partial charge in [-0.15, -0.1) is 0 Å². The molecule has 0 bridgehead atoms. The number of morpholine rings is 1. The second-order valence-corrected chi connectivity index (χ2v) is 9.73. The summed E-state index contributed by atoms with van der Waals surface area (Å²) >= 11 is 0. The molecule has 0 aromatic carbocycles. The number of alkyl halides is 2. The summed E-state index contributed by atoms with van der Waals surface area (Å²) in [5.41, 5.74) is 4.91. The molecule has 2 aliphatic rings. The van der Waals surface area contributed by atoms with Gasteiger partial charge in [-0.05, 0) is 36.8 Å². The third-order valence-corrected chi connectivity index (χ3v) is 6.80. The van der Waals surface area contributed by atoms with Crippen LogP contribution in [0, 0.1) is 6.92 Å². The van der Waals surface area contributed by atoms with Crippen LogP contribution in [0.5, 0.6) is 5.88 Å². The summed E-state index contributed by atoms with van der Waals surface area (Å²) in [4.78, 5) is 15.4. The van der Waals surface area contributed by atoms with Crippen LogP contribution in [0.4, 0.5) is 20.2 Å². The van der Waals surface area contributed by atoms with Gasteiger partial charge in [0.25, 0.3) is 5.92 Å². The Bertz CT molecular complexity index is 1240. The van der Waals surface area contributed by atoms with Crippen molar-refractivity contribution in [1.29, 1.82) is 0 Å². The van der Waals surface area contributed by atoms with Crippen LogP contribution < -0.4 is 15.0 Å². The van der Waals surface area contributed by atoms with Crippen molar-refractivity contribution in [2.24, 2.45) is 0 Å². The number of hydrogen-bond donors (Lipinski definition) is 1. The van der Waals surface area contributed by atoms with Crippen LogP contribution in [0.15, 0.2) is 42.9 Å². The average Bonchev–Trinajstić information content (AvgIpc) is 2.94. The van der Waals surface area contributed by atoms with Crippen molar-refractivity contribution in [3.8, 4) is 17.0 Å². The van der Waals surface area contributed by atoms with E-state index in [2.05, 4.69) is 26.3 Å². The number of aryl methyl sites for hydroxylation is 1. The highest BCUT2D eigenvalue weighted by Crippen LogP contribution is 2.35. The molecule has 2 fully saturated rings. The third-order valence-electron chi connectivity index (χ3n) is 6.80. The lowest BCUT2D eigenvalue weighted by atomic mass is 10.0. The molecule has 0 radical (unpaired) electrons. The molecule has 3 aromatic heterocycles. The first kappa shape index (κ1) is 26.2. The summed E-state index contributed by atoms with van der Waals surface area (Å²) < 4.78 is 44.8. The van der Waals surface area contributed by atoms with Gasteiger partial charge in [-0.25, -0.2) is 4.98 Å². The van der Waals surface area contributed by atoms with Gasteiger partial charge in [-0.1, -0.05) is 0 Å². The van der Waals surface area contributed by atoms with Crippen LogP contribution in [0.2, 0.25) is 0 Å². The van der Waals surface area contributed by atoms with E-state index in [1.165, 1.54) is 12.3 Å². The van der Waals surface area contributed by atoms with Crippen molar-refractivity contribution in [1.82, 2.24) is 15.0 Å². The van der Waals surface area contributed by atoms with Crippen molar-refractivity contribution >= 4 is 11.4 Å².